The van der Waals surface area contributed by atoms with Gasteiger partial charge in [0.2, 0.25) is 0 Å². The Bertz CT molecular complexity index is 546. The van der Waals surface area contributed by atoms with Gasteiger partial charge in [-0.3, -0.25) is 4.57 Å². The lowest BCUT2D eigenvalue weighted by Gasteiger charge is -2.26. The van der Waals surface area contributed by atoms with Crippen molar-refractivity contribution in [3.63, 3.8) is 0 Å². The summed E-state index contributed by atoms with van der Waals surface area (Å²) in [6.45, 7) is 10.0. The zero-order valence-corrected chi connectivity index (χ0v) is 14.0. The normalized spacial score (nSPS) is 13.6. The van der Waals surface area contributed by atoms with E-state index in [0.29, 0.717) is 5.56 Å². The van der Waals surface area contributed by atoms with Gasteiger partial charge >= 0.3 is 7.60 Å². The van der Waals surface area contributed by atoms with Crippen LogP contribution in [0.25, 0.3) is 0 Å². The predicted octanol–water partition coefficient (Wildman–Crippen LogP) is 3.56. The molecule has 0 amide bonds. The van der Waals surface area contributed by atoms with Gasteiger partial charge in [0.1, 0.15) is 0 Å². The Balaban J connectivity index is 3.72. The fourth-order valence-electron chi connectivity index (χ4n) is 3.08. The Hall–Kier alpha value is -0.670. The number of benzene rings is 1. The Morgan fingerprint density at radius 3 is 1.80 bits per heavy atom. The zero-order valence-electron chi connectivity index (χ0n) is 13.1. The van der Waals surface area contributed by atoms with Crippen LogP contribution in [0.4, 0.5) is 0 Å². The topological polar surface area (TPSA) is 66.8 Å². The van der Waals surface area contributed by atoms with Crippen molar-refractivity contribution >= 4 is 7.60 Å². The van der Waals surface area contributed by atoms with Gasteiger partial charge in [-0.05, 0) is 67.0 Å². The van der Waals surface area contributed by atoms with E-state index in [1.54, 1.807) is 0 Å². The molecular formula is C15H25O4P. The predicted molar refractivity (Wildman–Crippen MR) is 81.2 cm³/mol. The van der Waals surface area contributed by atoms with Gasteiger partial charge in [-0.1, -0.05) is 13.8 Å². The molecule has 0 bridgehead atoms. The van der Waals surface area contributed by atoms with E-state index < -0.39 is 13.4 Å². The van der Waals surface area contributed by atoms with Crippen molar-refractivity contribution in [2.45, 2.75) is 53.3 Å². The molecule has 0 heterocycles. The molecule has 0 saturated heterocycles. The van der Waals surface area contributed by atoms with Gasteiger partial charge < -0.3 is 14.5 Å². The van der Waals surface area contributed by atoms with Crippen LogP contribution in [0.2, 0.25) is 0 Å². The zero-order chi connectivity index (χ0) is 15.7. The number of ether oxygens (including phenoxy) is 1. The van der Waals surface area contributed by atoms with Crippen molar-refractivity contribution in [3.8, 4) is 0 Å². The molecule has 0 spiro atoms. The second-order valence-electron chi connectivity index (χ2n) is 5.13. The van der Waals surface area contributed by atoms with Crippen molar-refractivity contribution in [2.75, 3.05) is 7.11 Å². The van der Waals surface area contributed by atoms with Crippen LogP contribution >= 0.6 is 7.60 Å². The van der Waals surface area contributed by atoms with Crippen LogP contribution in [0.5, 0.6) is 0 Å². The largest absolute Gasteiger partial charge is 0.364 e. The summed E-state index contributed by atoms with van der Waals surface area (Å²) in [7, 11) is -3.00. The third-order valence-electron chi connectivity index (χ3n) is 4.12. The maximum absolute atomic E-state index is 11.7. The first kappa shape index (κ1) is 17.4. The Morgan fingerprint density at radius 2 is 1.45 bits per heavy atom. The highest BCUT2D eigenvalue weighted by atomic mass is 31.2. The minimum atomic E-state index is -4.35. The summed E-state index contributed by atoms with van der Waals surface area (Å²) < 4.78 is 16.8. The fourth-order valence-corrected chi connectivity index (χ4v) is 4.07. The summed E-state index contributed by atoms with van der Waals surface area (Å²) in [4.78, 5) is 19.1. The lowest BCUT2D eigenvalue weighted by atomic mass is 9.86. The van der Waals surface area contributed by atoms with Crippen molar-refractivity contribution in [1.29, 1.82) is 0 Å². The van der Waals surface area contributed by atoms with Gasteiger partial charge in [0.15, 0.2) is 5.85 Å². The molecule has 0 aromatic heterocycles. The molecule has 0 aliphatic heterocycles. The highest BCUT2D eigenvalue weighted by Crippen LogP contribution is 2.54. The standard InChI is InChI=1S/C15H25O4P/c1-7-12-9(3)10(4)14(11(5)13(12)8-2)15(19-6)20(16,17)18/h15H,7-8H2,1-6H3,(H2,16,17,18). The molecule has 0 saturated carbocycles. The lowest BCUT2D eigenvalue weighted by Crippen LogP contribution is -2.12. The van der Waals surface area contributed by atoms with Crippen molar-refractivity contribution in [2.24, 2.45) is 0 Å². The smallest absolute Gasteiger partial charge is 0.358 e. The Morgan fingerprint density at radius 1 is 1.00 bits per heavy atom. The van der Waals surface area contributed by atoms with E-state index in [-0.39, 0.29) is 0 Å². The summed E-state index contributed by atoms with van der Waals surface area (Å²) in [6.07, 6.45) is 1.77. The monoisotopic (exact) mass is 300 g/mol. The average molecular weight is 300 g/mol. The molecule has 0 aliphatic rings. The molecule has 1 unspecified atom stereocenters. The number of methoxy groups -OCH3 is 1. The molecule has 114 valence electrons. The first-order valence-electron chi connectivity index (χ1n) is 6.89. The summed E-state index contributed by atoms with van der Waals surface area (Å²) in [5.74, 6) is -1.18. The van der Waals surface area contributed by atoms with E-state index in [0.717, 1.165) is 29.5 Å². The van der Waals surface area contributed by atoms with Crippen LogP contribution < -0.4 is 0 Å². The molecule has 0 radical (unpaired) electrons. The van der Waals surface area contributed by atoms with E-state index in [4.69, 9.17) is 4.74 Å². The molecular weight excluding hydrogens is 275 g/mol. The maximum atomic E-state index is 11.7. The van der Waals surface area contributed by atoms with Crippen LogP contribution in [-0.4, -0.2) is 16.9 Å². The minimum absolute atomic E-state index is 0.646. The third kappa shape index (κ3) is 2.99. The fraction of sp³-hybridized carbons (Fsp3) is 0.600. The van der Waals surface area contributed by atoms with Crippen LogP contribution in [-0.2, 0) is 22.1 Å². The number of hydrogen-bond acceptors (Lipinski definition) is 2. The number of rotatable bonds is 5. The van der Waals surface area contributed by atoms with Gasteiger partial charge in [-0.25, -0.2) is 0 Å². The molecule has 4 nitrogen and oxygen atoms in total. The highest BCUT2D eigenvalue weighted by molar-refractivity contribution is 7.52. The molecule has 0 fully saturated rings. The van der Waals surface area contributed by atoms with Gasteiger partial charge in [-0.15, -0.1) is 0 Å². The van der Waals surface area contributed by atoms with E-state index in [9.17, 15) is 14.4 Å². The second kappa shape index (κ2) is 6.40. The van der Waals surface area contributed by atoms with E-state index in [2.05, 4.69) is 13.8 Å². The third-order valence-corrected chi connectivity index (χ3v) is 5.20. The summed E-state index contributed by atoms with van der Waals surface area (Å²) in [5.41, 5.74) is 6.09. The van der Waals surface area contributed by atoms with Crippen molar-refractivity contribution in [1.82, 2.24) is 0 Å². The number of hydrogen-bond donors (Lipinski definition) is 2. The molecule has 1 aromatic carbocycles. The Labute approximate surface area is 121 Å². The van der Waals surface area contributed by atoms with Crippen LogP contribution in [0, 0.1) is 20.8 Å². The van der Waals surface area contributed by atoms with Crippen molar-refractivity contribution < 1.29 is 19.1 Å². The molecule has 2 N–H and O–H groups in total. The first-order chi connectivity index (χ1) is 9.20. The van der Waals surface area contributed by atoms with Gasteiger partial charge in [0.25, 0.3) is 0 Å². The lowest BCUT2D eigenvalue weighted by molar-refractivity contribution is 0.136. The van der Waals surface area contributed by atoms with E-state index >= 15 is 0 Å². The van der Waals surface area contributed by atoms with E-state index in [1.165, 1.54) is 18.2 Å². The highest BCUT2D eigenvalue weighted by Gasteiger charge is 2.34. The van der Waals surface area contributed by atoms with Gasteiger partial charge in [0.05, 0.1) is 0 Å². The van der Waals surface area contributed by atoms with Gasteiger partial charge in [0, 0.05) is 7.11 Å². The van der Waals surface area contributed by atoms with Crippen LogP contribution in [0.3, 0.4) is 0 Å². The quantitative estimate of drug-likeness (QED) is 0.816. The summed E-state index contributed by atoms with van der Waals surface area (Å²) in [5, 5.41) is 0. The molecule has 5 heteroatoms. The SMILES string of the molecule is CCc1c(C)c(C)c(C(OC)P(=O)(O)O)c(C)c1CC. The van der Waals surface area contributed by atoms with Crippen LogP contribution in [0.1, 0.15) is 53.1 Å². The van der Waals surface area contributed by atoms with E-state index in [1.807, 2.05) is 20.8 Å². The molecule has 1 aromatic rings. The first-order valence-corrected chi connectivity index (χ1v) is 8.58. The average Bonchev–Trinajstić information content (AvgIpc) is 2.36. The van der Waals surface area contributed by atoms with Gasteiger partial charge in [-0.2, -0.15) is 0 Å². The van der Waals surface area contributed by atoms with Crippen LogP contribution in [0.15, 0.2) is 0 Å². The second-order valence-corrected chi connectivity index (χ2v) is 6.78. The molecule has 1 rings (SSSR count). The summed E-state index contributed by atoms with van der Waals surface area (Å²) in [6, 6.07) is 0. The molecule has 0 aliphatic carbocycles. The maximum Gasteiger partial charge on any atom is 0.358 e. The summed E-state index contributed by atoms with van der Waals surface area (Å²) >= 11 is 0. The molecule has 1 atom stereocenters. The molecule has 20 heavy (non-hydrogen) atoms. The minimum Gasteiger partial charge on any atom is -0.364 e. The Kier molecular flexibility index (Phi) is 5.56. The van der Waals surface area contributed by atoms with Crippen molar-refractivity contribution in [3.05, 3.63) is 33.4 Å².